The van der Waals surface area contributed by atoms with Crippen molar-refractivity contribution in [3.63, 3.8) is 0 Å². The van der Waals surface area contributed by atoms with E-state index in [1.165, 1.54) is 12.0 Å². The van der Waals surface area contributed by atoms with Crippen LogP contribution < -0.4 is 15.4 Å². The summed E-state index contributed by atoms with van der Waals surface area (Å²) < 4.78 is 35.8. The van der Waals surface area contributed by atoms with Crippen molar-refractivity contribution in [2.45, 2.75) is 31.8 Å². The summed E-state index contributed by atoms with van der Waals surface area (Å²) in [5.74, 6) is 0.739. The molecule has 0 saturated carbocycles. The predicted molar refractivity (Wildman–Crippen MR) is 147 cm³/mol. The Labute approximate surface area is 228 Å². The molecule has 0 aliphatic carbocycles. The molecule has 3 aromatic rings. The molecule has 39 heavy (non-hydrogen) atoms. The lowest BCUT2D eigenvalue weighted by molar-refractivity contribution is -0.153. The molecule has 13 heteroatoms. The van der Waals surface area contributed by atoms with Gasteiger partial charge < -0.3 is 25.0 Å². The van der Waals surface area contributed by atoms with Crippen molar-refractivity contribution >= 4 is 44.8 Å². The Hall–Kier alpha value is -4.26. The van der Waals surface area contributed by atoms with E-state index in [4.69, 9.17) is 15.2 Å². The fourth-order valence-corrected chi connectivity index (χ4v) is 4.61. The minimum absolute atomic E-state index is 0.124. The van der Waals surface area contributed by atoms with Gasteiger partial charge in [-0.25, -0.2) is 14.8 Å². The number of pyridine rings is 2. The van der Waals surface area contributed by atoms with Gasteiger partial charge in [0.1, 0.15) is 29.5 Å². The van der Waals surface area contributed by atoms with Crippen LogP contribution in [0.4, 0.5) is 11.6 Å². The number of nitrogens with two attached hydrogens (primary N) is 1. The van der Waals surface area contributed by atoms with E-state index in [0.717, 1.165) is 11.2 Å². The summed E-state index contributed by atoms with van der Waals surface area (Å²) in [7, 11) is 2.74. The SMILES string of the molecule is CCOC(=O)C(Cc1cc2ccnc(N)c2cc1OC)N1CCC(N=S(=O)=O)C1=O.CN(C)c1ccccn1. The molecule has 2 N–H and O–H groups in total. The maximum atomic E-state index is 12.7. The Balaban J connectivity index is 0.000000395. The Morgan fingerprint density at radius 2 is 2.00 bits per heavy atom. The fourth-order valence-electron chi connectivity index (χ4n) is 4.20. The highest BCUT2D eigenvalue weighted by Gasteiger charge is 2.40. The van der Waals surface area contributed by atoms with Crippen LogP contribution in [-0.2, 0) is 31.2 Å². The summed E-state index contributed by atoms with van der Waals surface area (Å²) in [6.45, 7) is 2.01. The number of methoxy groups -OCH3 is 1. The van der Waals surface area contributed by atoms with Crippen molar-refractivity contribution in [2.24, 2.45) is 4.36 Å². The molecule has 208 valence electrons. The van der Waals surface area contributed by atoms with E-state index >= 15 is 0 Å². The number of amides is 1. The first-order valence-corrected chi connectivity index (χ1v) is 13.3. The number of anilines is 2. The molecule has 2 unspecified atom stereocenters. The fraction of sp³-hybridized carbons (Fsp3) is 0.385. The van der Waals surface area contributed by atoms with Crippen molar-refractivity contribution in [3.05, 3.63) is 54.4 Å². The lowest BCUT2D eigenvalue weighted by Gasteiger charge is -2.27. The Morgan fingerprint density at radius 3 is 2.59 bits per heavy atom. The second kappa shape index (κ2) is 13.5. The van der Waals surface area contributed by atoms with Gasteiger partial charge >= 0.3 is 16.5 Å². The standard InChI is InChI=1S/C19H22N4O6S.C7H10N2/c1-3-29-19(25)15(23-7-5-14(18(23)24)22-30(26)27)9-12-8-11-4-6-21-17(20)13(11)10-16(12)28-2;1-9(2)7-5-3-4-6-8-7/h4,6,8,10,14-15H,3,5,7,9H2,1-2H3,(H2,20,21);3-6H,1-2H3. The van der Waals surface area contributed by atoms with Gasteiger partial charge in [-0.1, -0.05) is 6.07 Å². The van der Waals surface area contributed by atoms with Crippen molar-refractivity contribution < 1.29 is 27.5 Å². The zero-order valence-electron chi connectivity index (χ0n) is 22.3. The van der Waals surface area contributed by atoms with Gasteiger partial charge in [-0.15, -0.1) is 0 Å². The van der Waals surface area contributed by atoms with E-state index in [-0.39, 0.29) is 26.0 Å². The molecule has 3 heterocycles. The first-order valence-electron chi connectivity index (χ1n) is 12.2. The summed E-state index contributed by atoms with van der Waals surface area (Å²) in [5.41, 5.74) is 6.61. The minimum Gasteiger partial charge on any atom is -0.496 e. The molecule has 2 aromatic heterocycles. The normalized spacial score (nSPS) is 15.2. The number of hydrogen-bond acceptors (Lipinski definition) is 11. The van der Waals surface area contributed by atoms with Crippen LogP contribution in [0.25, 0.3) is 10.8 Å². The molecule has 0 radical (unpaired) electrons. The van der Waals surface area contributed by atoms with Gasteiger partial charge in [0.2, 0.25) is 5.91 Å². The predicted octanol–water partition coefficient (Wildman–Crippen LogP) is 2.11. The number of hydrogen-bond donors (Lipinski definition) is 1. The number of aromatic nitrogens is 2. The molecule has 1 fully saturated rings. The maximum Gasteiger partial charge on any atom is 0.329 e. The number of likely N-dealkylation sites (tertiary alicyclic amines) is 1. The Morgan fingerprint density at radius 1 is 1.23 bits per heavy atom. The van der Waals surface area contributed by atoms with Crippen LogP contribution in [0.15, 0.2) is 53.2 Å². The molecule has 12 nitrogen and oxygen atoms in total. The molecular formula is C26H32N6O6S. The van der Waals surface area contributed by atoms with Crippen LogP contribution in [0, 0.1) is 0 Å². The summed E-state index contributed by atoms with van der Waals surface area (Å²) in [5, 5.41) is 1.52. The smallest absolute Gasteiger partial charge is 0.329 e. The van der Waals surface area contributed by atoms with Gasteiger partial charge in [-0.3, -0.25) is 4.79 Å². The van der Waals surface area contributed by atoms with Crippen molar-refractivity contribution in [1.82, 2.24) is 14.9 Å². The maximum absolute atomic E-state index is 12.7. The van der Waals surface area contributed by atoms with E-state index in [2.05, 4.69) is 14.3 Å². The first kappa shape index (κ1) is 29.3. The summed E-state index contributed by atoms with van der Waals surface area (Å²) in [6, 6.07) is 9.24. The minimum atomic E-state index is -2.71. The average molecular weight is 557 g/mol. The second-order valence-electron chi connectivity index (χ2n) is 8.79. The number of carbonyl (C=O) groups is 2. The average Bonchev–Trinajstić information content (AvgIpc) is 3.26. The lowest BCUT2D eigenvalue weighted by Crippen LogP contribution is -2.45. The van der Waals surface area contributed by atoms with E-state index in [0.29, 0.717) is 22.5 Å². The number of fused-ring (bicyclic) bond motifs is 1. The molecule has 4 rings (SSSR count). The summed E-state index contributed by atoms with van der Waals surface area (Å²) in [6.07, 6.45) is 3.70. The second-order valence-corrected chi connectivity index (χ2v) is 9.44. The van der Waals surface area contributed by atoms with Crippen molar-refractivity contribution in [3.8, 4) is 5.75 Å². The molecule has 1 aromatic carbocycles. The first-order chi connectivity index (χ1) is 18.7. The Bertz CT molecular complexity index is 1440. The highest BCUT2D eigenvalue weighted by Crippen LogP contribution is 2.31. The Kier molecular flexibility index (Phi) is 10.1. The molecule has 0 spiro atoms. The largest absolute Gasteiger partial charge is 0.496 e. The topological polar surface area (TPSA) is 157 Å². The van der Waals surface area contributed by atoms with E-state index in [9.17, 15) is 18.0 Å². The summed E-state index contributed by atoms with van der Waals surface area (Å²) in [4.78, 5) is 36.8. The van der Waals surface area contributed by atoms with E-state index in [1.54, 1.807) is 31.5 Å². The molecule has 1 amide bonds. The van der Waals surface area contributed by atoms with Crippen LogP contribution in [-0.4, -0.2) is 81.6 Å². The monoisotopic (exact) mass is 556 g/mol. The van der Waals surface area contributed by atoms with Gasteiger partial charge in [0, 0.05) is 44.8 Å². The van der Waals surface area contributed by atoms with Crippen LogP contribution in [0.1, 0.15) is 18.9 Å². The van der Waals surface area contributed by atoms with Gasteiger partial charge in [-0.2, -0.15) is 12.8 Å². The molecule has 1 aliphatic rings. The van der Waals surface area contributed by atoms with Crippen molar-refractivity contribution in [1.29, 1.82) is 0 Å². The highest BCUT2D eigenvalue weighted by atomic mass is 32.2. The number of rotatable bonds is 8. The van der Waals surface area contributed by atoms with E-state index < -0.39 is 34.5 Å². The zero-order valence-corrected chi connectivity index (χ0v) is 23.1. The number of esters is 1. The number of carbonyl (C=O) groups excluding carboxylic acids is 2. The zero-order chi connectivity index (χ0) is 28.5. The van der Waals surface area contributed by atoms with E-state index in [1.807, 2.05) is 43.3 Å². The molecule has 2 atom stereocenters. The molecule has 0 bridgehead atoms. The van der Waals surface area contributed by atoms with Gasteiger partial charge in [0.25, 0.3) is 0 Å². The van der Waals surface area contributed by atoms with Crippen LogP contribution in [0.5, 0.6) is 5.75 Å². The molecule has 1 saturated heterocycles. The number of nitrogens with zero attached hydrogens (tertiary/aromatic N) is 5. The highest BCUT2D eigenvalue weighted by molar-refractivity contribution is 7.61. The third-order valence-electron chi connectivity index (χ3n) is 6.08. The number of nitrogen functional groups attached to an aromatic ring is 1. The molecule has 1 aliphatic heterocycles. The van der Waals surface area contributed by atoms with Crippen LogP contribution in [0.3, 0.4) is 0 Å². The number of ether oxygens (including phenoxy) is 2. The quantitative estimate of drug-likeness (QED) is 0.407. The third-order valence-corrected chi connectivity index (χ3v) is 6.50. The summed E-state index contributed by atoms with van der Waals surface area (Å²) >= 11 is 0. The van der Waals surface area contributed by atoms with Crippen molar-refractivity contribution in [2.75, 3.05) is 45.0 Å². The van der Waals surface area contributed by atoms with Crippen LogP contribution in [0.2, 0.25) is 0 Å². The third kappa shape index (κ3) is 7.41. The van der Waals surface area contributed by atoms with Gasteiger partial charge in [0.15, 0.2) is 0 Å². The molecular weight excluding hydrogens is 524 g/mol. The van der Waals surface area contributed by atoms with Crippen LogP contribution >= 0.6 is 0 Å². The number of benzene rings is 1. The van der Waals surface area contributed by atoms with Gasteiger partial charge in [-0.05, 0) is 54.6 Å². The van der Waals surface area contributed by atoms with Gasteiger partial charge in [0.05, 0.1) is 13.7 Å². The lowest BCUT2D eigenvalue weighted by atomic mass is 10.00.